The molecule has 0 bridgehead atoms. The highest BCUT2D eigenvalue weighted by Gasteiger charge is 2.28. The van der Waals surface area contributed by atoms with Crippen LogP contribution < -0.4 is 0 Å². The highest BCUT2D eigenvalue weighted by atomic mass is 19.1. The SMILES string of the molecule is O=C(OCc1ccc(F)cc1)N1CCO[C@H](c2nc3ncccc3[nH]2)C1. The summed E-state index contributed by atoms with van der Waals surface area (Å²) >= 11 is 0. The molecular formula is C18H17FN4O3. The fourth-order valence-electron chi connectivity index (χ4n) is 2.81. The first-order valence-corrected chi connectivity index (χ1v) is 8.27. The van der Waals surface area contributed by atoms with Gasteiger partial charge in [0.1, 0.15) is 24.4 Å². The standard InChI is InChI=1S/C18H17FN4O3/c19-13-5-3-12(4-6-13)11-26-18(24)23-8-9-25-15(10-23)17-21-14-2-1-7-20-16(14)22-17/h1-7,15H,8-11H2,(H,20,21,22)/t15-/m0/s1. The predicted octanol–water partition coefficient (Wildman–Crippen LogP) is 2.81. The molecule has 0 aliphatic carbocycles. The molecule has 0 unspecified atom stereocenters. The molecule has 1 saturated heterocycles. The van der Waals surface area contributed by atoms with E-state index < -0.39 is 6.09 Å². The van der Waals surface area contributed by atoms with Gasteiger partial charge in [-0.15, -0.1) is 0 Å². The van der Waals surface area contributed by atoms with Gasteiger partial charge in [0.25, 0.3) is 0 Å². The Hall–Kier alpha value is -3.00. The molecule has 4 rings (SSSR count). The predicted molar refractivity (Wildman–Crippen MR) is 90.7 cm³/mol. The molecule has 1 atom stereocenters. The fourth-order valence-corrected chi connectivity index (χ4v) is 2.81. The summed E-state index contributed by atoms with van der Waals surface area (Å²) in [6.45, 7) is 1.26. The van der Waals surface area contributed by atoms with Crippen molar-refractivity contribution in [2.24, 2.45) is 0 Å². The van der Waals surface area contributed by atoms with E-state index in [2.05, 4.69) is 15.0 Å². The zero-order valence-corrected chi connectivity index (χ0v) is 13.9. The molecular weight excluding hydrogens is 339 g/mol. The number of carbonyl (C=O) groups excluding carboxylic acids is 1. The lowest BCUT2D eigenvalue weighted by Crippen LogP contribution is -2.42. The lowest BCUT2D eigenvalue weighted by molar-refractivity contribution is -0.0330. The number of aromatic amines is 1. The van der Waals surface area contributed by atoms with Gasteiger partial charge in [-0.2, -0.15) is 0 Å². The zero-order valence-electron chi connectivity index (χ0n) is 13.9. The smallest absolute Gasteiger partial charge is 0.410 e. The number of imidazole rings is 1. The normalized spacial score (nSPS) is 17.4. The molecule has 1 N–H and O–H groups in total. The summed E-state index contributed by atoms with van der Waals surface area (Å²) in [5, 5.41) is 0. The molecule has 0 saturated carbocycles. The Kier molecular flexibility index (Phi) is 4.49. The van der Waals surface area contributed by atoms with Gasteiger partial charge in [0.05, 0.1) is 18.7 Å². The van der Waals surface area contributed by atoms with E-state index in [1.165, 1.54) is 12.1 Å². The number of ether oxygens (including phenoxy) is 2. The quantitative estimate of drug-likeness (QED) is 0.780. The van der Waals surface area contributed by atoms with E-state index in [1.807, 2.05) is 12.1 Å². The van der Waals surface area contributed by atoms with Gasteiger partial charge < -0.3 is 19.4 Å². The molecule has 3 aromatic rings. The van der Waals surface area contributed by atoms with Crippen LogP contribution in [0.5, 0.6) is 0 Å². The lowest BCUT2D eigenvalue weighted by Gasteiger charge is -2.31. The van der Waals surface area contributed by atoms with Crippen LogP contribution in [0.25, 0.3) is 11.2 Å². The Balaban J connectivity index is 1.39. The molecule has 7 nitrogen and oxygen atoms in total. The van der Waals surface area contributed by atoms with Crippen molar-refractivity contribution < 1.29 is 18.7 Å². The molecule has 8 heteroatoms. The van der Waals surface area contributed by atoms with Crippen molar-refractivity contribution in [3.05, 3.63) is 59.8 Å². The second-order valence-corrected chi connectivity index (χ2v) is 5.98. The second-order valence-electron chi connectivity index (χ2n) is 5.98. The van der Waals surface area contributed by atoms with Crippen molar-refractivity contribution in [2.45, 2.75) is 12.7 Å². The molecule has 1 fully saturated rings. The minimum atomic E-state index is -0.433. The maximum Gasteiger partial charge on any atom is 0.410 e. The van der Waals surface area contributed by atoms with Crippen LogP contribution in [0.15, 0.2) is 42.6 Å². The van der Waals surface area contributed by atoms with Crippen molar-refractivity contribution in [3.63, 3.8) is 0 Å². The molecule has 2 aromatic heterocycles. The van der Waals surface area contributed by atoms with Gasteiger partial charge in [0.2, 0.25) is 0 Å². The molecule has 134 valence electrons. The number of hydrogen-bond acceptors (Lipinski definition) is 5. The van der Waals surface area contributed by atoms with Crippen LogP contribution in [-0.4, -0.2) is 45.6 Å². The number of amides is 1. The number of morpholine rings is 1. The molecule has 3 heterocycles. The van der Waals surface area contributed by atoms with Crippen LogP contribution in [-0.2, 0) is 16.1 Å². The monoisotopic (exact) mass is 356 g/mol. The number of benzene rings is 1. The van der Waals surface area contributed by atoms with Crippen molar-refractivity contribution >= 4 is 17.3 Å². The van der Waals surface area contributed by atoms with Crippen molar-refractivity contribution in [1.82, 2.24) is 19.9 Å². The van der Waals surface area contributed by atoms with Gasteiger partial charge in [-0.25, -0.2) is 19.2 Å². The highest BCUT2D eigenvalue weighted by Crippen LogP contribution is 2.22. The van der Waals surface area contributed by atoms with Gasteiger partial charge in [-0.3, -0.25) is 0 Å². The summed E-state index contributed by atoms with van der Waals surface area (Å²) < 4.78 is 24.0. The maximum atomic E-state index is 12.9. The first kappa shape index (κ1) is 16.5. The molecule has 1 aliphatic heterocycles. The first-order chi connectivity index (χ1) is 12.7. The van der Waals surface area contributed by atoms with Crippen molar-refractivity contribution in [2.75, 3.05) is 19.7 Å². The average molecular weight is 356 g/mol. The van der Waals surface area contributed by atoms with Gasteiger partial charge in [0.15, 0.2) is 5.65 Å². The van der Waals surface area contributed by atoms with Crippen LogP contribution >= 0.6 is 0 Å². The summed E-state index contributed by atoms with van der Waals surface area (Å²) in [4.78, 5) is 25.7. The average Bonchev–Trinajstić information content (AvgIpc) is 3.12. The fraction of sp³-hybridized carbons (Fsp3) is 0.278. The number of nitrogens with one attached hydrogen (secondary N) is 1. The van der Waals surface area contributed by atoms with Crippen LogP contribution in [0.3, 0.4) is 0 Å². The molecule has 1 aromatic carbocycles. The number of halogens is 1. The van der Waals surface area contributed by atoms with Crippen molar-refractivity contribution in [1.29, 1.82) is 0 Å². The van der Waals surface area contributed by atoms with Crippen LogP contribution in [0.1, 0.15) is 17.5 Å². The Morgan fingerprint density at radius 3 is 3.00 bits per heavy atom. The minimum absolute atomic E-state index is 0.0930. The third kappa shape index (κ3) is 3.50. The summed E-state index contributed by atoms with van der Waals surface area (Å²) in [5.74, 6) is 0.311. The third-order valence-electron chi connectivity index (χ3n) is 4.18. The van der Waals surface area contributed by atoms with Gasteiger partial charge in [0, 0.05) is 12.7 Å². The molecule has 26 heavy (non-hydrogen) atoms. The molecule has 1 amide bonds. The highest BCUT2D eigenvalue weighted by molar-refractivity contribution is 5.70. The lowest BCUT2D eigenvalue weighted by atomic mass is 10.2. The number of rotatable bonds is 3. The Bertz CT molecular complexity index is 879. The summed E-state index contributed by atoms with van der Waals surface area (Å²) in [7, 11) is 0. The number of H-pyrrole nitrogens is 1. The van der Waals surface area contributed by atoms with E-state index in [-0.39, 0.29) is 18.5 Å². The Morgan fingerprint density at radius 2 is 2.19 bits per heavy atom. The topological polar surface area (TPSA) is 80.3 Å². The minimum Gasteiger partial charge on any atom is -0.445 e. The maximum absolute atomic E-state index is 12.9. The largest absolute Gasteiger partial charge is 0.445 e. The Morgan fingerprint density at radius 1 is 1.35 bits per heavy atom. The van der Waals surface area contributed by atoms with E-state index in [1.54, 1.807) is 23.2 Å². The number of pyridine rings is 1. The Labute approximate surface area is 148 Å². The van der Waals surface area contributed by atoms with E-state index in [0.717, 1.165) is 11.1 Å². The van der Waals surface area contributed by atoms with E-state index >= 15 is 0 Å². The number of aromatic nitrogens is 3. The summed E-state index contributed by atoms with van der Waals surface area (Å²) in [5.41, 5.74) is 2.16. The second kappa shape index (κ2) is 7.09. The number of hydrogen-bond donors (Lipinski definition) is 1. The molecule has 1 aliphatic rings. The first-order valence-electron chi connectivity index (χ1n) is 8.27. The van der Waals surface area contributed by atoms with E-state index in [4.69, 9.17) is 9.47 Å². The summed E-state index contributed by atoms with van der Waals surface area (Å²) in [6.07, 6.45) is 0.876. The van der Waals surface area contributed by atoms with Gasteiger partial charge in [-0.1, -0.05) is 12.1 Å². The number of fused-ring (bicyclic) bond motifs is 1. The van der Waals surface area contributed by atoms with Crippen LogP contribution in [0.2, 0.25) is 0 Å². The number of carbonyl (C=O) groups is 1. The van der Waals surface area contributed by atoms with Crippen molar-refractivity contribution in [3.8, 4) is 0 Å². The number of nitrogens with zero attached hydrogens (tertiary/aromatic N) is 3. The van der Waals surface area contributed by atoms with Crippen LogP contribution in [0.4, 0.5) is 9.18 Å². The zero-order chi connectivity index (χ0) is 17.9. The summed E-state index contributed by atoms with van der Waals surface area (Å²) in [6, 6.07) is 9.56. The third-order valence-corrected chi connectivity index (χ3v) is 4.18. The molecule has 0 spiro atoms. The van der Waals surface area contributed by atoms with Crippen LogP contribution in [0, 0.1) is 5.82 Å². The van der Waals surface area contributed by atoms with E-state index in [0.29, 0.717) is 31.2 Å². The van der Waals surface area contributed by atoms with E-state index in [9.17, 15) is 9.18 Å². The van der Waals surface area contributed by atoms with Gasteiger partial charge in [-0.05, 0) is 29.8 Å². The van der Waals surface area contributed by atoms with Gasteiger partial charge >= 0.3 is 6.09 Å². The molecule has 0 radical (unpaired) electrons.